The number of carbonyl (C=O) groups is 1. The highest BCUT2D eigenvalue weighted by molar-refractivity contribution is 8.13. The average Bonchev–Trinajstić information content (AvgIpc) is 3.14. The first-order valence-corrected chi connectivity index (χ1v) is 10.1. The van der Waals surface area contributed by atoms with Gasteiger partial charge < -0.3 is 9.47 Å². The van der Waals surface area contributed by atoms with Crippen LogP contribution in [0.5, 0.6) is 11.5 Å². The Kier molecular flexibility index (Phi) is 4.17. The van der Waals surface area contributed by atoms with E-state index < -0.39 is 6.17 Å². The van der Waals surface area contributed by atoms with Crippen LogP contribution in [-0.2, 0) is 4.79 Å². The van der Waals surface area contributed by atoms with E-state index in [1.807, 2.05) is 31.2 Å². The highest BCUT2D eigenvalue weighted by atomic mass is 35.5. The van der Waals surface area contributed by atoms with E-state index in [1.54, 1.807) is 17.1 Å². The van der Waals surface area contributed by atoms with E-state index in [-0.39, 0.29) is 12.7 Å². The molecule has 0 spiro atoms. The van der Waals surface area contributed by atoms with Gasteiger partial charge >= 0.3 is 0 Å². The number of hydrogen-bond acceptors (Lipinski definition) is 7. The smallest absolute Gasteiger partial charge is 0.276 e. The summed E-state index contributed by atoms with van der Waals surface area (Å²) in [6.07, 6.45) is -0.592. The van der Waals surface area contributed by atoms with E-state index in [4.69, 9.17) is 26.1 Å². The number of thioether (sulfide) groups is 1. The van der Waals surface area contributed by atoms with Crippen LogP contribution in [0.4, 0.5) is 0 Å². The van der Waals surface area contributed by atoms with Crippen molar-refractivity contribution < 1.29 is 14.3 Å². The molecule has 0 saturated carbocycles. The molecule has 9 heteroatoms. The Morgan fingerprint density at radius 1 is 1.29 bits per heavy atom. The Balaban J connectivity index is 1.74. The largest absolute Gasteiger partial charge is 0.454 e. The fourth-order valence-corrected chi connectivity index (χ4v) is 4.20. The van der Waals surface area contributed by atoms with Gasteiger partial charge in [0.2, 0.25) is 6.79 Å². The quantitative estimate of drug-likeness (QED) is 0.813. The molecule has 0 unspecified atom stereocenters. The molecule has 7 nitrogen and oxygen atoms in total. The van der Waals surface area contributed by atoms with Gasteiger partial charge in [-0.25, -0.2) is 5.01 Å². The van der Waals surface area contributed by atoms with Gasteiger partial charge in [0, 0.05) is 16.8 Å². The number of para-hydroxylation sites is 1. The molecule has 0 saturated heterocycles. The van der Waals surface area contributed by atoms with Crippen molar-refractivity contribution in [3.63, 3.8) is 0 Å². The van der Waals surface area contributed by atoms with Gasteiger partial charge in [-0.2, -0.15) is 0 Å². The van der Waals surface area contributed by atoms with Crippen LogP contribution in [0.15, 0.2) is 46.5 Å². The van der Waals surface area contributed by atoms with E-state index in [0.717, 1.165) is 11.0 Å². The number of nitrogens with one attached hydrogen (secondary N) is 1. The summed E-state index contributed by atoms with van der Waals surface area (Å²) in [4.78, 5) is 17.8. The molecule has 5 rings (SSSR count). The molecule has 28 heavy (non-hydrogen) atoms. The topological polar surface area (TPSA) is 75.5 Å². The Bertz CT molecular complexity index is 1150. The van der Waals surface area contributed by atoms with Crippen molar-refractivity contribution >= 4 is 40.1 Å². The number of amidine groups is 1. The van der Waals surface area contributed by atoms with Crippen LogP contribution in [-0.4, -0.2) is 28.6 Å². The van der Waals surface area contributed by atoms with E-state index in [2.05, 4.69) is 10.4 Å². The number of amides is 1. The molecule has 0 fully saturated rings. The summed E-state index contributed by atoms with van der Waals surface area (Å²) in [5, 5.41) is 11.6. The third-order valence-corrected chi connectivity index (χ3v) is 5.64. The lowest BCUT2D eigenvalue weighted by Crippen LogP contribution is -2.50. The van der Waals surface area contributed by atoms with Gasteiger partial charge in [-0.3, -0.25) is 15.1 Å². The van der Waals surface area contributed by atoms with Crippen molar-refractivity contribution in [3.8, 4) is 11.5 Å². The lowest BCUT2D eigenvalue weighted by atomic mass is 10.1. The molecule has 3 heterocycles. The Labute approximate surface area is 169 Å². The van der Waals surface area contributed by atoms with Crippen molar-refractivity contribution in [2.24, 2.45) is 10.1 Å². The van der Waals surface area contributed by atoms with Crippen LogP contribution in [0.1, 0.15) is 18.7 Å². The number of benzene rings is 2. The zero-order valence-electron chi connectivity index (χ0n) is 14.8. The molecule has 1 atom stereocenters. The second-order valence-electron chi connectivity index (χ2n) is 6.23. The Morgan fingerprint density at radius 3 is 2.89 bits per heavy atom. The minimum absolute atomic E-state index is 0.151. The van der Waals surface area contributed by atoms with Gasteiger partial charge in [-0.1, -0.05) is 48.5 Å². The lowest BCUT2D eigenvalue weighted by molar-refractivity contribution is -0.116. The fourth-order valence-electron chi connectivity index (χ4n) is 3.36. The molecule has 2 aromatic carbocycles. The lowest BCUT2D eigenvalue weighted by Gasteiger charge is -2.34. The predicted octanol–water partition coefficient (Wildman–Crippen LogP) is 1.96. The van der Waals surface area contributed by atoms with Crippen molar-refractivity contribution in [2.45, 2.75) is 13.1 Å². The minimum Gasteiger partial charge on any atom is -0.454 e. The van der Waals surface area contributed by atoms with Crippen LogP contribution >= 0.6 is 23.4 Å². The summed E-state index contributed by atoms with van der Waals surface area (Å²) in [5.41, 5.74) is 1.14. The summed E-state index contributed by atoms with van der Waals surface area (Å²) < 4.78 is 10.9. The monoisotopic (exact) mass is 414 g/mol. The van der Waals surface area contributed by atoms with Crippen LogP contribution in [0.3, 0.4) is 0 Å². The van der Waals surface area contributed by atoms with Crippen molar-refractivity contribution in [1.82, 2.24) is 10.3 Å². The number of halogens is 1. The second kappa shape index (κ2) is 6.72. The normalized spacial score (nSPS) is 19.4. The number of nitrogens with zero attached hydrogens (tertiary/aromatic N) is 3. The van der Waals surface area contributed by atoms with Gasteiger partial charge in [0.15, 0.2) is 22.8 Å². The zero-order chi connectivity index (χ0) is 19.3. The van der Waals surface area contributed by atoms with E-state index >= 15 is 0 Å². The first kappa shape index (κ1) is 17.4. The van der Waals surface area contributed by atoms with Crippen molar-refractivity contribution in [3.05, 3.63) is 57.6 Å². The standard InChI is InChI=1S/C19H15ClN4O3S/c1-2-28-19-22-18(25)16-10-5-3-4-6-13(10)21-17(24(16)23-19)11-7-14-15(8-12(11)20)27-9-26-14/h3-8,17H,2,9H2,1H3,(H,22,23,25)/t17-/m1/s1. The van der Waals surface area contributed by atoms with Crippen molar-refractivity contribution in [1.29, 1.82) is 0 Å². The highest BCUT2D eigenvalue weighted by Crippen LogP contribution is 2.42. The summed E-state index contributed by atoms with van der Waals surface area (Å²) in [6, 6.07) is 11.0. The first-order chi connectivity index (χ1) is 13.7. The molecular weight excluding hydrogens is 400 g/mol. The molecule has 1 N–H and O–H groups in total. The number of fused-ring (bicyclic) bond motifs is 3. The van der Waals surface area contributed by atoms with Crippen LogP contribution < -0.4 is 25.4 Å². The average molecular weight is 415 g/mol. The van der Waals surface area contributed by atoms with Gasteiger partial charge in [-0.05, 0) is 17.9 Å². The predicted molar refractivity (Wildman–Crippen MR) is 106 cm³/mol. The van der Waals surface area contributed by atoms with E-state index in [1.165, 1.54) is 11.8 Å². The van der Waals surface area contributed by atoms with Crippen LogP contribution in [0, 0.1) is 0 Å². The van der Waals surface area contributed by atoms with E-state index in [0.29, 0.717) is 38.3 Å². The molecule has 0 aromatic heterocycles. The molecule has 2 aromatic rings. The number of hydrazone groups is 1. The van der Waals surface area contributed by atoms with E-state index in [9.17, 15) is 4.79 Å². The second-order valence-corrected chi connectivity index (χ2v) is 7.89. The maximum absolute atomic E-state index is 12.9. The van der Waals surface area contributed by atoms with Crippen molar-refractivity contribution in [2.75, 3.05) is 12.5 Å². The summed E-state index contributed by atoms with van der Waals surface area (Å²) in [5.74, 6) is 1.76. The van der Waals surface area contributed by atoms with Gasteiger partial charge in [-0.15, -0.1) is 5.10 Å². The summed E-state index contributed by atoms with van der Waals surface area (Å²) >= 11 is 8.01. The zero-order valence-corrected chi connectivity index (χ0v) is 16.4. The fraction of sp³-hybridized carbons (Fsp3) is 0.211. The number of rotatable bonds is 2. The third kappa shape index (κ3) is 2.71. The van der Waals surface area contributed by atoms with Gasteiger partial charge in [0.1, 0.15) is 5.70 Å². The maximum atomic E-state index is 12.9. The van der Waals surface area contributed by atoms with Gasteiger partial charge in [0.25, 0.3) is 5.91 Å². The SMILES string of the molecule is CCSC1=NN2C(=c3ccccc3=N[C@H]2c2cc3c(cc2Cl)OCO3)C(=O)N1. The minimum atomic E-state index is -0.592. The summed E-state index contributed by atoms with van der Waals surface area (Å²) in [7, 11) is 0. The maximum Gasteiger partial charge on any atom is 0.276 e. The molecule has 3 aliphatic heterocycles. The van der Waals surface area contributed by atoms with Crippen LogP contribution in [0.25, 0.3) is 5.70 Å². The molecule has 142 valence electrons. The molecular formula is C19H15ClN4O3S. The first-order valence-electron chi connectivity index (χ1n) is 8.74. The number of carbonyl (C=O) groups excluding carboxylic acids is 1. The summed E-state index contributed by atoms with van der Waals surface area (Å²) in [6.45, 7) is 2.15. The molecule has 0 radical (unpaired) electrons. The Morgan fingerprint density at radius 2 is 2.07 bits per heavy atom. The Hall–Kier alpha value is -2.71. The number of ether oxygens (including phenoxy) is 2. The third-order valence-electron chi connectivity index (χ3n) is 4.57. The highest BCUT2D eigenvalue weighted by Gasteiger charge is 2.36. The number of hydrogen-bond donors (Lipinski definition) is 1. The van der Waals surface area contributed by atoms with Gasteiger partial charge in [0.05, 0.1) is 10.4 Å². The molecule has 3 aliphatic rings. The molecule has 0 aliphatic carbocycles. The molecule has 0 bridgehead atoms. The molecule has 1 amide bonds. The van der Waals surface area contributed by atoms with Crippen LogP contribution in [0.2, 0.25) is 5.02 Å².